The number of rotatable bonds is 7. The molecular formula is C16H19NO2S. The number of methoxy groups -OCH3 is 1. The summed E-state index contributed by atoms with van der Waals surface area (Å²) in [5, 5.41) is 4.85. The van der Waals surface area contributed by atoms with Crippen molar-refractivity contribution in [2.24, 2.45) is 0 Å². The molecule has 0 unspecified atom stereocenters. The molecule has 1 N–H and O–H groups in total. The molecule has 0 aliphatic carbocycles. The maximum Gasteiger partial charge on any atom is 0.261 e. The van der Waals surface area contributed by atoms with Crippen LogP contribution in [0.5, 0.6) is 5.75 Å². The van der Waals surface area contributed by atoms with Crippen molar-refractivity contribution in [1.29, 1.82) is 0 Å². The van der Waals surface area contributed by atoms with Gasteiger partial charge in [0.2, 0.25) is 0 Å². The third-order valence-corrected chi connectivity index (χ3v) is 3.96. The molecule has 1 aromatic heterocycles. The van der Waals surface area contributed by atoms with E-state index < -0.39 is 0 Å². The van der Waals surface area contributed by atoms with E-state index in [1.807, 2.05) is 35.7 Å². The molecule has 0 aliphatic heterocycles. The van der Waals surface area contributed by atoms with Crippen molar-refractivity contribution >= 4 is 17.2 Å². The summed E-state index contributed by atoms with van der Waals surface area (Å²) in [4.78, 5) is 12.5. The van der Waals surface area contributed by atoms with Crippen LogP contribution in [0.4, 0.5) is 0 Å². The first-order valence-electron chi connectivity index (χ1n) is 6.75. The molecule has 2 aromatic rings. The maximum absolute atomic E-state index is 11.7. The van der Waals surface area contributed by atoms with E-state index >= 15 is 0 Å². The average molecular weight is 289 g/mol. The summed E-state index contributed by atoms with van der Waals surface area (Å²) in [5.41, 5.74) is 1.22. The Bertz CT molecular complexity index is 537. The lowest BCUT2D eigenvalue weighted by atomic mass is 10.1. The number of benzene rings is 1. The highest BCUT2D eigenvalue weighted by molar-refractivity contribution is 7.12. The zero-order chi connectivity index (χ0) is 14.2. The van der Waals surface area contributed by atoms with Crippen LogP contribution in [0, 0.1) is 0 Å². The summed E-state index contributed by atoms with van der Waals surface area (Å²) in [6, 6.07) is 11.8. The molecule has 3 nitrogen and oxygen atoms in total. The van der Waals surface area contributed by atoms with Gasteiger partial charge < -0.3 is 10.1 Å². The van der Waals surface area contributed by atoms with Crippen molar-refractivity contribution in [3.63, 3.8) is 0 Å². The highest BCUT2D eigenvalue weighted by atomic mass is 32.1. The minimum Gasteiger partial charge on any atom is -0.496 e. The molecule has 20 heavy (non-hydrogen) atoms. The van der Waals surface area contributed by atoms with Crippen LogP contribution in [-0.2, 0) is 6.42 Å². The molecule has 0 saturated carbocycles. The summed E-state index contributed by atoms with van der Waals surface area (Å²) in [7, 11) is 1.69. The van der Waals surface area contributed by atoms with Crippen LogP contribution in [0.25, 0.3) is 0 Å². The van der Waals surface area contributed by atoms with E-state index in [9.17, 15) is 4.79 Å². The fourth-order valence-electron chi connectivity index (χ4n) is 2.05. The predicted octanol–water partition coefficient (Wildman–Crippen LogP) is 3.51. The normalized spacial score (nSPS) is 10.2. The monoisotopic (exact) mass is 289 g/mol. The lowest BCUT2D eigenvalue weighted by Crippen LogP contribution is -2.23. The molecule has 1 aromatic carbocycles. The van der Waals surface area contributed by atoms with Crippen molar-refractivity contribution < 1.29 is 9.53 Å². The van der Waals surface area contributed by atoms with Gasteiger partial charge in [-0.25, -0.2) is 0 Å². The minimum atomic E-state index is 0.0253. The van der Waals surface area contributed by atoms with Crippen molar-refractivity contribution in [3.8, 4) is 5.75 Å². The zero-order valence-electron chi connectivity index (χ0n) is 11.6. The summed E-state index contributed by atoms with van der Waals surface area (Å²) in [6.07, 6.45) is 2.97. The maximum atomic E-state index is 11.7. The van der Waals surface area contributed by atoms with Gasteiger partial charge in [0, 0.05) is 6.54 Å². The van der Waals surface area contributed by atoms with Gasteiger partial charge in [-0.3, -0.25) is 4.79 Å². The molecule has 1 amide bonds. The Labute approximate surface area is 123 Å². The first-order chi connectivity index (χ1) is 9.81. The number of hydrogen-bond donors (Lipinski definition) is 1. The van der Waals surface area contributed by atoms with Gasteiger partial charge in [0.1, 0.15) is 5.75 Å². The first-order valence-corrected chi connectivity index (χ1v) is 7.63. The summed E-state index contributed by atoms with van der Waals surface area (Å²) in [6.45, 7) is 0.714. The number of hydrogen-bond acceptors (Lipinski definition) is 3. The first kappa shape index (κ1) is 14.6. The lowest BCUT2D eigenvalue weighted by Gasteiger charge is -2.08. The number of ether oxygens (including phenoxy) is 1. The van der Waals surface area contributed by atoms with Gasteiger partial charge in [-0.1, -0.05) is 24.3 Å². The number of aryl methyl sites for hydroxylation is 1. The fourth-order valence-corrected chi connectivity index (χ4v) is 2.69. The van der Waals surface area contributed by atoms with Crippen LogP contribution in [0.15, 0.2) is 41.8 Å². The molecule has 0 radical (unpaired) electrons. The molecule has 106 valence electrons. The third kappa shape index (κ3) is 4.10. The van der Waals surface area contributed by atoms with Crippen LogP contribution in [-0.4, -0.2) is 19.6 Å². The van der Waals surface area contributed by atoms with Gasteiger partial charge in [-0.05, 0) is 42.3 Å². The quantitative estimate of drug-likeness (QED) is 0.792. The topological polar surface area (TPSA) is 38.3 Å². The molecule has 0 spiro atoms. The van der Waals surface area contributed by atoms with E-state index in [-0.39, 0.29) is 5.91 Å². The van der Waals surface area contributed by atoms with Crippen molar-refractivity contribution in [3.05, 3.63) is 52.2 Å². The lowest BCUT2D eigenvalue weighted by molar-refractivity contribution is 0.0957. The number of carbonyl (C=O) groups is 1. The Kier molecular flexibility index (Phi) is 5.62. The van der Waals surface area contributed by atoms with Crippen LogP contribution < -0.4 is 10.1 Å². The van der Waals surface area contributed by atoms with E-state index in [1.165, 1.54) is 16.9 Å². The predicted molar refractivity (Wildman–Crippen MR) is 82.6 cm³/mol. The smallest absolute Gasteiger partial charge is 0.261 e. The fraction of sp³-hybridized carbons (Fsp3) is 0.312. The van der Waals surface area contributed by atoms with Gasteiger partial charge in [-0.2, -0.15) is 0 Å². The largest absolute Gasteiger partial charge is 0.496 e. The second-order valence-corrected chi connectivity index (χ2v) is 5.45. The van der Waals surface area contributed by atoms with Crippen molar-refractivity contribution in [1.82, 2.24) is 5.32 Å². The second kappa shape index (κ2) is 7.70. The highest BCUT2D eigenvalue weighted by Crippen LogP contribution is 2.19. The highest BCUT2D eigenvalue weighted by Gasteiger charge is 2.05. The van der Waals surface area contributed by atoms with Crippen LogP contribution in [0.3, 0.4) is 0 Å². The molecule has 0 bridgehead atoms. The SMILES string of the molecule is COc1ccccc1CCCCNC(=O)c1cccs1. The van der Waals surface area contributed by atoms with E-state index in [4.69, 9.17) is 4.74 Å². The second-order valence-electron chi connectivity index (χ2n) is 4.50. The third-order valence-electron chi connectivity index (χ3n) is 3.10. The van der Waals surface area contributed by atoms with Gasteiger partial charge in [0.15, 0.2) is 0 Å². The van der Waals surface area contributed by atoms with Gasteiger partial charge in [0.05, 0.1) is 12.0 Å². The van der Waals surface area contributed by atoms with Gasteiger partial charge in [-0.15, -0.1) is 11.3 Å². The average Bonchev–Trinajstić information content (AvgIpc) is 3.01. The Balaban J connectivity index is 1.68. The molecule has 0 fully saturated rings. The minimum absolute atomic E-state index is 0.0253. The van der Waals surface area contributed by atoms with E-state index in [0.29, 0.717) is 6.54 Å². The van der Waals surface area contributed by atoms with E-state index in [2.05, 4.69) is 11.4 Å². The van der Waals surface area contributed by atoms with Crippen LogP contribution in [0.2, 0.25) is 0 Å². The molecule has 0 aliphatic rings. The number of nitrogens with one attached hydrogen (secondary N) is 1. The zero-order valence-corrected chi connectivity index (χ0v) is 12.4. The van der Waals surface area contributed by atoms with Crippen LogP contribution in [0.1, 0.15) is 28.1 Å². The Morgan fingerprint density at radius 3 is 2.80 bits per heavy atom. The number of amides is 1. The molecular weight excluding hydrogens is 270 g/mol. The van der Waals surface area contributed by atoms with Gasteiger partial charge >= 0.3 is 0 Å². The summed E-state index contributed by atoms with van der Waals surface area (Å²) < 4.78 is 5.32. The van der Waals surface area contributed by atoms with E-state index in [1.54, 1.807) is 7.11 Å². The molecule has 2 rings (SSSR count). The Hall–Kier alpha value is -1.81. The molecule has 0 atom stereocenters. The van der Waals surface area contributed by atoms with E-state index in [0.717, 1.165) is 29.9 Å². The van der Waals surface area contributed by atoms with Gasteiger partial charge in [0.25, 0.3) is 5.91 Å². The van der Waals surface area contributed by atoms with Crippen molar-refractivity contribution in [2.75, 3.05) is 13.7 Å². The summed E-state index contributed by atoms with van der Waals surface area (Å²) in [5.74, 6) is 0.965. The van der Waals surface area contributed by atoms with Crippen LogP contribution >= 0.6 is 11.3 Å². The number of thiophene rings is 1. The summed E-state index contributed by atoms with van der Waals surface area (Å²) >= 11 is 1.47. The standard InChI is InChI=1S/C16H19NO2S/c1-19-14-9-3-2-7-13(14)8-4-5-11-17-16(18)15-10-6-12-20-15/h2-3,6-7,9-10,12H,4-5,8,11H2,1H3,(H,17,18). The Morgan fingerprint density at radius 2 is 2.05 bits per heavy atom. The molecule has 1 heterocycles. The Morgan fingerprint density at radius 1 is 1.20 bits per heavy atom. The van der Waals surface area contributed by atoms with Crippen molar-refractivity contribution in [2.45, 2.75) is 19.3 Å². The molecule has 0 saturated heterocycles. The number of unbranched alkanes of at least 4 members (excludes halogenated alkanes) is 1. The number of carbonyl (C=O) groups excluding carboxylic acids is 1. The molecule has 4 heteroatoms. The number of para-hydroxylation sites is 1.